The molecule has 0 rings (SSSR count). The van der Waals surface area contributed by atoms with E-state index in [0.717, 1.165) is 38.5 Å². The van der Waals surface area contributed by atoms with Crippen molar-refractivity contribution in [3.63, 3.8) is 0 Å². The second-order valence-corrected chi connectivity index (χ2v) is 13.0. The number of rotatable bonds is 34. The summed E-state index contributed by atoms with van der Waals surface area (Å²) in [5.74, 6) is -1.68. The van der Waals surface area contributed by atoms with Crippen LogP contribution in [0.3, 0.4) is 0 Å². The summed E-state index contributed by atoms with van der Waals surface area (Å²) in [7, 11) is 0. The average molecular weight is 625 g/mol. The van der Waals surface area contributed by atoms with Crippen molar-refractivity contribution in [1.29, 1.82) is 0 Å². The van der Waals surface area contributed by atoms with E-state index in [9.17, 15) is 19.5 Å². The maximum atomic E-state index is 12.7. The highest BCUT2D eigenvalue weighted by Crippen LogP contribution is 2.17. The average Bonchev–Trinajstić information content (AvgIpc) is 3.00. The van der Waals surface area contributed by atoms with E-state index in [0.29, 0.717) is 32.2 Å². The van der Waals surface area contributed by atoms with Crippen LogP contribution in [0.5, 0.6) is 0 Å². The number of carboxylic acids is 1. The number of nitrogens with two attached hydrogens (primary N) is 1. The molecule has 7 heteroatoms. The van der Waals surface area contributed by atoms with E-state index < -0.39 is 18.1 Å². The van der Waals surface area contributed by atoms with Crippen LogP contribution in [0.1, 0.15) is 200 Å². The lowest BCUT2D eigenvalue weighted by molar-refractivity contribution is -0.151. The minimum Gasteiger partial charge on any atom is -0.480 e. The Morgan fingerprint density at radius 3 is 1.41 bits per heavy atom. The lowest BCUT2D eigenvalue weighted by Gasteiger charge is -2.20. The fourth-order valence-corrected chi connectivity index (χ4v) is 5.81. The molecule has 0 radical (unpaired) electrons. The molecular weight excluding hydrogens is 552 g/mol. The summed E-state index contributed by atoms with van der Waals surface area (Å²) in [6, 6.07) is -0.963. The van der Waals surface area contributed by atoms with Crippen LogP contribution < -0.4 is 11.1 Å². The lowest BCUT2D eigenvalue weighted by Crippen LogP contribution is -2.42. The molecule has 2 atom stereocenters. The predicted molar refractivity (Wildman–Crippen MR) is 184 cm³/mol. The Balaban J connectivity index is 4.35. The van der Waals surface area contributed by atoms with Crippen molar-refractivity contribution >= 4 is 17.8 Å². The summed E-state index contributed by atoms with van der Waals surface area (Å²) in [5, 5.41) is 12.1. The molecule has 0 saturated carbocycles. The van der Waals surface area contributed by atoms with Crippen molar-refractivity contribution in [3.05, 3.63) is 0 Å². The lowest BCUT2D eigenvalue weighted by atomic mass is 10.0. The molecule has 0 aliphatic rings. The van der Waals surface area contributed by atoms with Crippen LogP contribution in [-0.2, 0) is 19.1 Å². The Labute approximate surface area is 271 Å². The molecule has 0 heterocycles. The number of hydrogen-bond donors (Lipinski definition) is 3. The van der Waals surface area contributed by atoms with Gasteiger partial charge in [-0.15, -0.1) is 0 Å². The Morgan fingerprint density at radius 1 is 0.591 bits per heavy atom. The maximum Gasteiger partial charge on any atom is 0.326 e. The third kappa shape index (κ3) is 29.1. The smallest absolute Gasteiger partial charge is 0.326 e. The van der Waals surface area contributed by atoms with E-state index in [4.69, 9.17) is 10.5 Å². The molecule has 0 fully saturated rings. The van der Waals surface area contributed by atoms with Crippen LogP contribution in [0.15, 0.2) is 0 Å². The van der Waals surface area contributed by atoms with E-state index in [-0.39, 0.29) is 18.3 Å². The molecule has 1 amide bonds. The molecule has 1 unspecified atom stereocenters. The number of unbranched alkanes of at least 4 members (excludes halogenated alkanes) is 22. The molecular formula is C37H72N2O5. The molecule has 7 nitrogen and oxygen atoms in total. The van der Waals surface area contributed by atoms with E-state index in [1.54, 1.807) is 0 Å². The van der Waals surface area contributed by atoms with Gasteiger partial charge in [-0.05, 0) is 38.6 Å². The number of carbonyl (C=O) groups is 3. The molecule has 0 aromatic heterocycles. The fraction of sp³-hybridized carbons (Fsp3) is 0.919. The summed E-state index contributed by atoms with van der Waals surface area (Å²) in [4.78, 5) is 36.9. The fourth-order valence-electron chi connectivity index (χ4n) is 5.81. The van der Waals surface area contributed by atoms with Gasteiger partial charge in [0, 0.05) is 6.42 Å². The topological polar surface area (TPSA) is 119 Å². The van der Waals surface area contributed by atoms with Gasteiger partial charge in [0.15, 0.2) is 0 Å². The Kier molecular flexibility index (Phi) is 31.5. The number of carbonyl (C=O) groups excluding carboxylic acids is 2. The van der Waals surface area contributed by atoms with Crippen molar-refractivity contribution < 1.29 is 24.2 Å². The Hall–Kier alpha value is -1.63. The summed E-state index contributed by atoms with van der Waals surface area (Å²) in [6.45, 7) is 4.88. The van der Waals surface area contributed by atoms with Crippen LogP contribution in [0.2, 0.25) is 0 Å². The molecule has 0 aromatic carbocycles. The van der Waals surface area contributed by atoms with Crippen molar-refractivity contribution in [2.75, 3.05) is 6.54 Å². The number of nitrogens with one attached hydrogen (secondary N) is 1. The molecule has 260 valence electrons. The van der Waals surface area contributed by atoms with Gasteiger partial charge in [-0.1, -0.05) is 155 Å². The highest BCUT2D eigenvalue weighted by molar-refractivity contribution is 5.84. The number of esters is 1. The number of aliphatic carboxylic acids is 1. The second-order valence-electron chi connectivity index (χ2n) is 13.0. The van der Waals surface area contributed by atoms with Crippen molar-refractivity contribution in [3.8, 4) is 0 Å². The van der Waals surface area contributed by atoms with Gasteiger partial charge >= 0.3 is 11.9 Å². The molecule has 0 aliphatic carbocycles. The van der Waals surface area contributed by atoms with Crippen LogP contribution >= 0.6 is 0 Å². The molecule has 0 bridgehead atoms. The van der Waals surface area contributed by atoms with Crippen molar-refractivity contribution in [1.82, 2.24) is 5.32 Å². The molecule has 0 saturated heterocycles. The maximum absolute atomic E-state index is 12.7. The number of ether oxygens (including phenoxy) is 1. The SMILES string of the molecule is CCCCCCCCCCCCCCCC(=O)OC(CCCCCCCCCCCCC)CC(=O)N[C@H](CCCN)C(=O)O. The van der Waals surface area contributed by atoms with E-state index in [1.807, 2.05) is 0 Å². The predicted octanol–water partition coefficient (Wildman–Crippen LogP) is 9.78. The highest BCUT2D eigenvalue weighted by atomic mass is 16.5. The van der Waals surface area contributed by atoms with Crippen LogP contribution in [0.25, 0.3) is 0 Å². The first-order chi connectivity index (χ1) is 21.4. The van der Waals surface area contributed by atoms with Gasteiger partial charge in [-0.2, -0.15) is 0 Å². The van der Waals surface area contributed by atoms with Crippen LogP contribution in [0, 0.1) is 0 Å². The van der Waals surface area contributed by atoms with Gasteiger partial charge in [0.05, 0.1) is 6.42 Å². The van der Waals surface area contributed by atoms with Gasteiger partial charge in [0.1, 0.15) is 12.1 Å². The number of hydrogen-bond acceptors (Lipinski definition) is 5. The van der Waals surface area contributed by atoms with Gasteiger partial charge in [-0.25, -0.2) is 4.79 Å². The second kappa shape index (κ2) is 32.8. The molecule has 4 N–H and O–H groups in total. The zero-order valence-corrected chi connectivity index (χ0v) is 29.0. The minimum absolute atomic E-state index is 0.00844. The first-order valence-corrected chi connectivity index (χ1v) is 18.9. The third-order valence-electron chi connectivity index (χ3n) is 8.66. The Morgan fingerprint density at radius 2 is 1.00 bits per heavy atom. The van der Waals surface area contributed by atoms with Gasteiger partial charge in [-0.3, -0.25) is 9.59 Å². The zero-order valence-electron chi connectivity index (χ0n) is 29.0. The third-order valence-corrected chi connectivity index (χ3v) is 8.66. The number of amides is 1. The standard InChI is InChI=1S/C37H72N2O5/c1-3-5-7-9-11-13-15-16-18-20-22-24-26-30-36(41)44-33(32-35(40)39-34(37(42)43)29-27-31-38)28-25-23-21-19-17-14-12-10-8-6-4-2/h33-34H,3-32,38H2,1-2H3,(H,39,40)(H,42,43)/t33?,34-/m1/s1. The summed E-state index contributed by atoms with van der Waals surface area (Å²) in [5.41, 5.74) is 5.52. The summed E-state index contributed by atoms with van der Waals surface area (Å²) < 4.78 is 5.78. The van der Waals surface area contributed by atoms with Crippen molar-refractivity contribution in [2.45, 2.75) is 212 Å². The van der Waals surface area contributed by atoms with Gasteiger partial charge < -0.3 is 20.9 Å². The molecule has 44 heavy (non-hydrogen) atoms. The summed E-state index contributed by atoms with van der Waals surface area (Å²) >= 11 is 0. The van der Waals surface area contributed by atoms with E-state index in [2.05, 4.69) is 19.2 Å². The van der Waals surface area contributed by atoms with Crippen LogP contribution in [-0.4, -0.2) is 41.6 Å². The largest absolute Gasteiger partial charge is 0.480 e. The number of carboxylic acid groups (broad SMARTS) is 1. The monoisotopic (exact) mass is 625 g/mol. The minimum atomic E-state index is -1.06. The summed E-state index contributed by atoms with van der Waals surface area (Å²) in [6.07, 6.45) is 31.2. The quantitative estimate of drug-likeness (QED) is 0.0484. The van der Waals surface area contributed by atoms with Crippen molar-refractivity contribution in [2.24, 2.45) is 5.73 Å². The molecule has 0 aliphatic heterocycles. The molecule has 0 aromatic rings. The molecule has 0 spiro atoms. The zero-order chi connectivity index (χ0) is 32.5. The van der Waals surface area contributed by atoms with Gasteiger partial charge in [0.2, 0.25) is 5.91 Å². The van der Waals surface area contributed by atoms with Crippen LogP contribution in [0.4, 0.5) is 0 Å². The first kappa shape index (κ1) is 42.4. The first-order valence-electron chi connectivity index (χ1n) is 18.9. The Bertz CT molecular complexity index is 672. The highest BCUT2D eigenvalue weighted by Gasteiger charge is 2.23. The van der Waals surface area contributed by atoms with Gasteiger partial charge in [0.25, 0.3) is 0 Å². The van der Waals surface area contributed by atoms with E-state index >= 15 is 0 Å². The normalized spacial score (nSPS) is 12.6. The van der Waals surface area contributed by atoms with E-state index in [1.165, 1.54) is 116 Å².